The first kappa shape index (κ1) is 7.47. The molecule has 1 aromatic rings. The Bertz CT molecular complexity index is 281. The normalized spacial score (nSPS) is 23.0. The highest BCUT2D eigenvalue weighted by Gasteiger charge is 2.25. The quantitative estimate of drug-likeness (QED) is 0.629. The summed E-state index contributed by atoms with van der Waals surface area (Å²) >= 11 is 0. The van der Waals surface area contributed by atoms with E-state index in [-0.39, 0.29) is 5.92 Å². The second-order valence-corrected chi connectivity index (χ2v) is 3.20. The molecule has 0 unspecified atom stereocenters. The Hall–Kier alpha value is -1.18. The van der Waals surface area contributed by atoms with Crippen LogP contribution in [0.1, 0.15) is 30.7 Å². The van der Waals surface area contributed by atoms with Crippen LogP contribution in [-0.2, 0) is 4.79 Å². The molecule has 0 bridgehead atoms. The summed E-state index contributed by atoms with van der Waals surface area (Å²) in [5, 5.41) is 0. The lowest BCUT2D eigenvalue weighted by atomic mass is 9.99. The Morgan fingerprint density at radius 2 is 2.42 bits per heavy atom. The van der Waals surface area contributed by atoms with Gasteiger partial charge in [-0.3, -0.25) is 9.78 Å². The van der Waals surface area contributed by atoms with Crippen molar-refractivity contribution in [1.82, 2.24) is 4.98 Å². The number of aromatic nitrogens is 1. The van der Waals surface area contributed by atoms with Crippen LogP contribution < -0.4 is 0 Å². The molecule has 0 spiro atoms. The second-order valence-electron chi connectivity index (χ2n) is 3.20. The van der Waals surface area contributed by atoms with E-state index in [9.17, 15) is 4.79 Å². The van der Waals surface area contributed by atoms with Crippen molar-refractivity contribution >= 4 is 5.78 Å². The zero-order chi connectivity index (χ0) is 8.39. The lowest BCUT2D eigenvalue weighted by Crippen LogP contribution is -2.03. The van der Waals surface area contributed by atoms with Crippen LogP contribution in [0.25, 0.3) is 0 Å². The summed E-state index contributed by atoms with van der Waals surface area (Å²) in [7, 11) is 0. The highest BCUT2D eigenvalue weighted by molar-refractivity contribution is 5.87. The zero-order valence-electron chi connectivity index (χ0n) is 6.86. The average molecular weight is 161 g/mol. The van der Waals surface area contributed by atoms with Crippen molar-refractivity contribution in [1.29, 1.82) is 0 Å². The minimum absolute atomic E-state index is 0.138. The molecule has 0 radical (unpaired) electrons. The van der Waals surface area contributed by atoms with Crippen LogP contribution in [0, 0.1) is 0 Å². The van der Waals surface area contributed by atoms with Gasteiger partial charge in [0.25, 0.3) is 0 Å². The number of rotatable bonds is 1. The Labute approximate surface area is 71.6 Å². The number of nitrogens with zero attached hydrogens (tertiary/aromatic N) is 1. The number of hydrogen-bond donors (Lipinski definition) is 0. The van der Waals surface area contributed by atoms with E-state index in [2.05, 4.69) is 4.98 Å². The van der Waals surface area contributed by atoms with Gasteiger partial charge in [0.05, 0.1) is 0 Å². The van der Waals surface area contributed by atoms with E-state index in [1.807, 2.05) is 12.1 Å². The monoisotopic (exact) mass is 161 g/mol. The van der Waals surface area contributed by atoms with Gasteiger partial charge < -0.3 is 0 Å². The van der Waals surface area contributed by atoms with Gasteiger partial charge in [0, 0.05) is 24.7 Å². The van der Waals surface area contributed by atoms with E-state index in [1.54, 1.807) is 12.4 Å². The lowest BCUT2D eigenvalue weighted by molar-refractivity contribution is -0.118. The van der Waals surface area contributed by atoms with Gasteiger partial charge in [0.2, 0.25) is 0 Å². The van der Waals surface area contributed by atoms with Gasteiger partial charge in [0.1, 0.15) is 5.78 Å². The van der Waals surface area contributed by atoms with Crippen molar-refractivity contribution in [3.63, 3.8) is 0 Å². The fourth-order valence-corrected chi connectivity index (χ4v) is 1.75. The lowest BCUT2D eigenvalue weighted by Gasteiger charge is -2.05. The SMILES string of the molecule is O=C1CCC[C@H]1c1cccnc1. The highest BCUT2D eigenvalue weighted by Crippen LogP contribution is 2.30. The molecule has 2 heteroatoms. The molecule has 0 aromatic carbocycles. The number of carbonyl (C=O) groups is 1. The average Bonchev–Trinajstić information content (AvgIpc) is 2.53. The van der Waals surface area contributed by atoms with Crippen molar-refractivity contribution < 1.29 is 4.79 Å². The van der Waals surface area contributed by atoms with Gasteiger partial charge in [0.15, 0.2) is 0 Å². The molecule has 1 fully saturated rings. The van der Waals surface area contributed by atoms with Crippen molar-refractivity contribution in [3.8, 4) is 0 Å². The molecule has 1 saturated carbocycles. The summed E-state index contributed by atoms with van der Waals surface area (Å²) in [5.74, 6) is 0.515. The molecule has 62 valence electrons. The molecule has 1 aromatic heterocycles. The van der Waals surface area contributed by atoms with Gasteiger partial charge in [-0.05, 0) is 24.5 Å². The van der Waals surface area contributed by atoms with E-state index in [0.29, 0.717) is 5.78 Å². The number of Topliss-reactive ketones (excluding diaryl/α,β-unsaturated/α-hetero) is 1. The third-order valence-corrected chi connectivity index (χ3v) is 2.39. The predicted molar refractivity (Wildman–Crippen MR) is 45.8 cm³/mol. The molecule has 0 saturated heterocycles. The molecule has 1 heterocycles. The molecule has 0 N–H and O–H groups in total. The molecule has 1 aliphatic carbocycles. The van der Waals surface area contributed by atoms with Crippen molar-refractivity contribution in [2.75, 3.05) is 0 Å². The molecular weight excluding hydrogens is 150 g/mol. The van der Waals surface area contributed by atoms with Crippen LogP contribution in [0.3, 0.4) is 0 Å². The van der Waals surface area contributed by atoms with Crippen LogP contribution in [0.5, 0.6) is 0 Å². The number of ketones is 1. The van der Waals surface area contributed by atoms with Crippen LogP contribution in [-0.4, -0.2) is 10.8 Å². The Balaban J connectivity index is 2.25. The third-order valence-electron chi connectivity index (χ3n) is 2.39. The standard InChI is InChI=1S/C10H11NO/c12-10-5-1-4-9(10)8-3-2-6-11-7-8/h2-3,6-7,9H,1,4-5H2/t9-/m0/s1. The number of hydrogen-bond acceptors (Lipinski definition) is 2. The Morgan fingerprint density at radius 1 is 1.50 bits per heavy atom. The first-order valence-electron chi connectivity index (χ1n) is 4.30. The molecule has 1 atom stereocenters. The molecule has 2 rings (SSSR count). The van der Waals surface area contributed by atoms with Gasteiger partial charge >= 0.3 is 0 Å². The number of carbonyl (C=O) groups excluding carboxylic acids is 1. The summed E-state index contributed by atoms with van der Waals surface area (Å²) in [5.41, 5.74) is 1.08. The van der Waals surface area contributed by atoms with Crippen molar-refractivity contribution in [2.24, 2.45) is 0 Å². The third kappa shape index (κ3) is 1.24. The summed E-state index contributed by atoms with van der Waals surface area (Å²) in [6.45, 7) is 0. The second kappa shape index (κ2) is 3.05. The Morgan fingerprint density at radius 3 is 3.00 bits per heavy atom. The molecule has 0 aliphatic heterocycles. The maximum Gasteiger partial charge on any atom is 0.140 e. The summed E-state index contributed by atoms with van der Waals surface area (Å²) in [4.78, 5) is 15.4. The number of pyridine rings is 1. The summed E-state index contributed by atoms with van der Waals surface area (Å²) in [6.07, 6.45) is 6.33. The summed E-state index contributed by atoms with van der Waals surface area (Å²) in [6, 6.07) is 3.88. The van der Waals surface area contributed by atoms with Gasteiger partial charge in [-0.1, -0.05) is 6.07 Å². The highest BCUT2D eigenvalue weighted by atomic mass is 16.1. The van der Waals surface area contributed by atoms with Gasteiger partial charge in [-0.15, -0.1) is 0 Å². The van der Waals surface area contributed by atoms with Gasteiger partial charge in [-0.2, -0.15) is 0 Å². The molecule has 0 amide bonds. The van der Waals surface area contributed by atoms with Gasteiger partial charge in [-0.25, -0.2) is 0 Å². The first-order chi connectivity index (χ1) is 5.88. The molecular formula is C10H11NO. The fraction of sp³-hybridized carbons (Fsp3) is 0.400. The Kier molecular flexibility index (Phi) is 1.90. The topological polar surface area (TPSA) is 30.0 Å². The van der Waals surface area contributed by atoms with Crippen molar-refractivity contribution in [3.05, 3.63) is 30.1 Å². The van der Waals surface area contributed by atoms with Crippen LogP contribution in [0.4, 0.5) is 0 Å². The maximum atomic E-state index is 11.3. The molecule has 12 heavy (non-hydrogen) atoms. The zero-order valence-corrected chi connectivity index (χ0v) is 6.86. The summed E-state index contributed by atoms with van der Waals surface area (Å²) < 4.78 is 0. The smallest absolute Gasteiger partial charge is 0.140 e. The molecule has 1 aliphatic rings. The van der Waals surface area contributed by atoms with Crippen LogP contribution >= 0.6 is 0 Å². The first-order valence-corrected chi connectivity index (χ1v) is 4.30. The predicted octanol–water partition coefficient (Wildman–Crippen LogP) is 1.92. The van der Waals surface area contributed by atoms with E-state index < -0.39 is 0 Å². The van der Waals surface area contributed by atoms with Crippen LogP contribution in [0.2, 0.25) is 0 Å². The maximum absolute atomic E-state index is 11.3. The minimum Gasteiger partial charge on any atom is -0.299 e. The molecule has 2 nitrogen and oxygen atoms in total. The largest absolute Gasteiger partial charge is 0.299 e. The van der Waals surface area contributed by atoms with E-state index in [1.165, 1.54) is 0 Å². The van der Waals surface area contributed by atoms with E-state index in [0.717, 1.165) is 24.8 Å². The fourth-order valence-electron chi connectivity index (χ4n) is 1.75. The van der Waals surface area contributed by atoms with Crippen molar-refractivity contribution in [2.45, 2.75) is 25.2 Å². The van der Waals surface area contributed by atoms with Crippen LogP contribution in [0.15, 0.2) is 24.5 Å². The minimum atomic E-state index is 0.138. The van der Waals surface area contributed by atoms with E-state index in [4.69, 9.17) is 0 Å². The van der Waals surface area contributed by atoms with E-state index >= 15 is 0 Å².